The van der Waals surface area contributed by atoms with E-state index in [1.54, 1.807) is 30.5 Å². The summed E-state index contributed by atoms with van der Waals surface area (Å²) in [7, 11) is 0. The Labute approximate surface area is 116 Å². The number of pyridine rings is 1. The number of hydrogen-bond donors (Lipinski definition) is 3. The van der Waals surface area contributed by atoms with E-state index in [1.807, 2.05) is 24.3 Å². The summed E-state index contributed by atoms with van der Waals surface area (Å²) >= 11 is 0. The highest BCUT2D eigenvalue weighted by Gasteiger charge is 2.03. The van der Waals surface area contributed by atoms with Gasteiger partial charge in [0.1, 0.15) is 17.3 Å². The summed E-state index contributed by atoms with van der Waals surface area (Å²) in [5.74, 6) is 1.20. The van der Waals surface area contributed by atoms with Crippen molar-refractivity contribution >= 4 is 16.6 Å². The SMILES string of the molecule is Oc1ccc(CNc2nccc3ccc(O)cc23)cc1. The van der Waals surface area contributed by atoms with Gasteiger partial charge in [0.05, 0.1) is 0 Å². The minimum atomic E-state index is 0.221. The maximum atomic E-state index is 9.59. The molecule has 4 heteroatoms. The van der Waals surface area contributed by atoms with Crippen LogP contribution in [0.25, 0.3) is 10.8 Å². The van der Waals surface area contributed by atoms with Crippen molar-refractivity contribution in [2.45, 2.75) is 6.54 Å². The second kappa shape index (κ2) is 5.09. The Kier molecular flexibility index (Phi) is 3.13. The van der Waals surface area contributed by atoms with Crippen LogP contribution in [0.5, 0.6) is 11.5 Å². The van der Waals surface area contributed by atoms with Crippen molar-refractivity contribution in [1.82, 2.24) is 4.98 Å². The molecule has 0 aliphatic rings. The molecule has 0 saturated carbocycles. The molecular weight excluding hydrogens is 252 g/mol. The summed E-state index contributed by atoms with van der Waals surface area (Å²) in [5, 5.41) is 24.0. The molecule has 2 aromatic carbocycles. The fourth-order valence-corrected chi connectivity index (χ4v) is 2.10. The number of anilines is 1. The van der Waals surface area contributed by atoms with E-state index in [9.17, 15) is 10.2 Å². The predicted octanol–water partition coefficient (Wildman–Crippen LogP) is 3.26. The van der Waals surface area contributed by atoms with Gasteiger partial charge >= 0.3 is 0 Å². The van der Waals surface area contributed by atoms with Gasteiger partial charge < -0.3 is 15.5 Å². The molecule has 0 unspecified atom stereocenters. The van der Waals surface area contributed by atoms with Gasteiger partial charge in [-0.25, -0.2) is 4.98 Å². The first kappa shape index (κ1) is 12.3. The number of nitrogens with one attached hydrogen (secondary N) is 1. The average molecular weight is 266 g/mol. The average Bonchev–Trinajstić information content (AvgIpc) is 2.47. The number of benzene rings is 2. The van der Waals surface area contributed by atoms with E-state index >= 15 is 0 Å². The fraction of sp³-hybridized carbons (Fsp3) is 0.0625. The smallest absolute Gasteiger partial charge is 0.134 e. The minimum absolute atomic E-state index is 0.221. The molecule has 0 atom stereocenters. The van der Waals surface area contributed by atoms with Crippen LogP contribution < -0.4 is 5.32 Å². The van der Waals surface area contributed by atoms with Crippen LogP contribution in [-0.4, -0.2) is 15.2 Å². The molecule has 3 rings (SSSR count). The molecule has 1 aromatic heterocycles. The molecule has 0 spiro atoms. The highest BCUT2D eigenvalue weighted by Crippen LogP contribution is 2.25. The number of hydrogen-bond acceptors (Lipinski definition) is 4. The van der Waals surface area contributed by atoms with Gasteiger partial charge in [-0.15, -0.1) is 0 Å². The third-order valence-electron chi connectivity index (χ3n) is 3.15. The maximum absolute atomic E-state index is 9.59. The molecule has 0 amide bonds. The molecule has 20 heavy (non-hydrogen) atoms. The zero-order chi connectivity index (χ0) is 13.9. The van der Waals surface area contributed by atoms with E-state index in [0.29, 0.717) is 6.54 Å². The number of fused-ring (bicyclic) bond motifs is 1. The standard InChI is InChI=1S/C16H14N2O2/c19-13-4-1-11(2-5-13)10-18-16-15-9-14(20)6-3-12(15)7-8-17-16/h1-9,19-20H,10H2,(H,17,18). The molecule has 3 aromatic rings. The molecule has 100 valence electrons. The van der Waals surface area contributed by atoms with Crippen molar-refractivity contribution in [3.8, 4) is 11.5 Å². The summed E-state index contributed by atoms with van der Waals surface area (Å²) < 4.78 is 0. The molecule has 0 radical (unpaired) electrons. The minimum Gasteiger partial charge on any atom is -0.508 e. The maximum Gasteiger partial charge on any atom is 0.134 e. The van der Waals surface area contributed by atoms with Gasteiger partial charge in [-0.05, 0) is 41.3 Å². The highest BCUT2D eigenvalue weighted by molar-refractivity contribution is 5.92. The van der Waals surface area contributed by atoms with Gasteiger partial charge in [0, 0.05) is 18.1 Å². The molecule has 0 saturated heterocycles. The lowest BCUT2D eigenvalue weighted by atomic mass is 10.1. The van der Waals surface area contributed by atoms with Crippen LogP contribution in [0.3, 0.4) is 0 Å². The van der Waals surface area contributed by atoms with Crippen molar-refractivity contribution in [1.29, 1.82) is 0 Å². The van der Waals surface area contributed by atoms with E-state index < -0.39 is 0 Å². The summed E-state index contributed by atoms with van der Waals surface area (Å²) in [4.78, 5) is 4.31. The number of aromatic nitrogens is 1. The van der Waals surface area contributed by atoms with Gasteiger partial charge in [-0.1, -0.05) is 18.2 Å². The van der Waals surface area contributed by atoms with Crippen LogP contribution in [0, 0.1) is 0 Å². The van der Waals surface area contributed by atoms with E-state index in [0.717, 1.165) is 22.2 Å². The Bertz CT molecular complexity index is 739. The Balaban J connectivity index is 1.87. The van der Waals surface area contributed by atoms with Crippen LogP contribution in [0.4, 0.5) is 5.82 Å². The van der Waals surface area contributed by atoms with E-state index in [4.69, 9.17) is 0 Å². The summed E-state index contributed by atoms with van der Waals surface area (Å²) in [6.07, 6.45) is 1.73. The summed E-state index contributed by atoms with van der Waals surface area (Å²) in [5.41, 5.74) is 1.04. The van der Waals surface area contributed by atoms with Crippen LogP contribution >= 0.6 is 0 Å². The van der Waals surface area contributed by atoms with Crippen molar-refractivity contribution in [3.05, 3.63) is 60.3 Å². The Morgan fingerprint density at radius 3 is 2.45 bits per heavy atom. The molecule has 0 fully saturated rings. The van der Waals surface area contributed by atoms with E-state index in [-0.39, 0.29) is 11.5 Å². The van der Waals surface area contributed by atoms with Crippen LogP contribution in [0.15, 0.2) is 54.7 Å². The van der Waals surface area contributed by atoms with Gasteiger partial charge in [0.25, 0.3) is 0 Å². The molecule has 1 heterocycles. The van der Waals surface area contributed by atoms with Crippen LogP contribution in [-0.2, 0) is 6.54 Å². The first-order chi connectivity index (χ1) is 9.72. The number of phenolic OH excluding ortho intramolecular Hbond substituents is 2. The molecule has 0 aliphatic heterocycles. The van der Waals surface area contributed by atoms with Crippen LogP contribution in [0.1, 0.15) is 5.56 Å². The lowest BCUT2D eigenvalue weighted by molar-refractivity contribution is 0.475. The molecule has 3 N–H and O–H groups in total. The van der Waals surface area contributed by atoms with Gasteiger partial charge in [-0.3, -0.25) is 0 Å². The quantitative estimate of drug-likeness (QED) is 0.680. The van der Waals surface area contributed by atoms with Gasteiger partial charge in [0.2, 0.25) is 0 Å². The lowest BCUT2D eigenvalue weighted by Crippen LogP contribution is -2.01. The highest BCUT2D eigenvalue weighted by atomic mass is 16.3. The van der Waals surface area contributed by atoms with Gasteiger partial charge in [-0.2, -0.15) is 0 Å². The number of aromatic hydroxyl groups is 2. The zero-order valence-electron chi connectivity index (χ0n) is 10.7. The predicted molar refractivity (Wildman–Crippen MR) is 78.8 cm³/mol. The van der Waals surface area contributed by atoms with Crippen molar-refractivity contribution < 1.29 is 10.2 Å². The summed E-state index contributed by atoms with van der Waals surface area (Å²) in [6.45, 7) is 0.599. The fourth-order valence-electron chi connectivity index (χ4n) is 2.10. The third-order valence-corrected chi connectivity index (χ3v) is 3.15. The number of phenols is 2. The van der Waals surface area contributed by atoms with E-state index in [1.165, 1.54) is 0 Å². The number of rotatable bonds is 3. The Hall–Kier alpha value is -2.75. The van der Waals surface area contributed by atoms with Crippen molar-refractivity contribution in [3.63, 3.8) is 0 Å². The molecule has 0 aliphatic carbocycles. The van der Waals surface area contributed by atoms with Crippen LogP contribution in [0.2, 0.25) is 0 Å². The first-order valence-electron chi connectivity index (χ1n) is 6.32. The van der Waals surface area contributed by atoms with Crippen molar-refractivity contribution in [2.75, 3.05) is 5.32 Å². The molecule has 0 bridgehead atoms. The third kappa shape index (κ3) is 2.49. The second-order valence-electron chi connectivity index (χ2n) is 4.58. The normalized spacial score (nSPS) is 10.6. The van der Waals surface area contributed by atoms with Gasteiger partial charge in [0.15, 0.2) is 0 Å². The number of nitrogens with zero attached hydrogens (tertiary/aromatic N) is 1. The second-order valence-corrected chi connectivity index (χ2v) is 4.58. The van der Waals surface area contributed by atoms with E-state index in [2.05, 4.69) is 10.3 Å². The zero-order valence-corrected chi connectivity index (χ0v) is 10.7. The molecular formula is C16H14N2O2. The first-order valence-corrected chi connectivity index (χ1v) is 6.32. The Morgan fingerprint density at radius 2 is 1.65 bits per heavy atom. The van der Waals surface area contributed by atoms with Crippen molar-refractivity contribution in [2.24, 2.45) is 0 Å². The Morgan fingerprint density at radius 1 is 0.900 bits per heavy atom. The molecule has 4 nitrogen and oxygen atoms in total. The summed E-state index contributed by atoms with van der Waals surface area (Å²) in [6, 6.07) is 14.1. The topological polar surface area (TPSA) is 65.4 Å². The largest absolute Gasteiger partial charge is 0.508 e. The monoisotopic (exact) mass is 266 g/mol. The lowest BCUT2D eigenvalue weighted by Gasteiger charge is -2.09.